The molecule has 0 amide bonds. The molecule has 3 rings (SSSR count). The van der Waals surface area contributed by atoms with Crippen LogP contribution >= 0.6 is 0 Å². The minimum Gasteiger partial charge on any atom is -0.377 e. The summed E-state index contributed by atoms with van der Waals surface area (Å²) in [4.78, 5) is 12.5. The Morgan fingerprint density at radius 3 is 2.73 bits per heavy atom. The van der Waals surface area contributed by atoms with Gasteiger partial charge >= 0.3 is 0 Å². The van der Waals surface area contributed by atoms with Crippen molar-refractivity contribution in [3.63, 3.8) is 0 Å². The van der Waals surface area contributed by atoms with E-state index in [1.165, 1.54) is 24.0 Å². The van der Waals surface area contributed by atoms with E-state index in [1.54, 1.807) is 0 Å². The number of ether oxygens (including phenoxy) is 1. The summed E-state index contributed by atoms with van der Waals surface area (Å²) in [5.74, 6) is 2.84. The van der Waals surface area contributed by atoms with Crippen LogP contribution in [0.1, 0.15) is 53.4 Å². The van der Waals surface area contributed by atoms with Crippen molar-refractivity contribution in [2.45, 2.75) is 59.5 Å². The second kappa shape index (κ2) is 6.31. The van der Waals surface area contributed by atoms with Crippen LogP contribution < -0.4 is 0 Å². The van der Waals surface area contributed by atoms with Crippen molar-refractivity contribution >= 4 is 5.78 Å². The van der Waals surface area contributed by atoms with Crippen LogP contribution in [0.4, 0.5) is 0 Å². The van der Waals surface area contributed by atoms with Gasteiger partial charge in [0.15, 0.2) is 0 Å². The van der Waals surface area contributed by atoms with Gasteiger partial charge in [-0.25, -0.2) is 0 Å². The van der Waals surface area contributed by atoms with Gasteiger partial charge in [-0.3, -0.25) is 4.79 Å². The Balaban J connectivity index is 1.81. The SMILES string of the molecule is CC(C)=CC/C=C(/C)[C@@H]1CC[C@@H]2COC3CC(=O)C(C3C)[C@@H]21. The number of hydrogen-bond donors (Lipinski definition) is 0. The van der Waals surface area contributed by atoms with Crippen molar-refractivity contribution < 1.29 is 9.53 Å². The molecule has 2 nitrogen and oxygen atoms in total. The summed E-state index contributed by atoms with van der Waals surface area (Å²) in [6, 6.07) is 0. The quantitative estimate of drug-likeness (QED) is 0.715. The lowest BCUT2D eigenvalue weighted by atomic mass is 9.72. The zero-order valence-electron chi connectivity index (χ0n) is 14.5. The third kappa shape index (κ3) is 2.82. The maximum Gasteiger partial charge on any atom is 0.139 e. The normalized spacial score (nSPS) is 41.3. The summed E-state index contributed by atoms with van der Waals surface area (Å²) in [5, 5.41) is 0. The van der Waals surface area contributed by atoms with E-state index in [4.69, 9.17) is 4.74 Å². The number of allylic oxidation sites excluding steroid dienone is 4. The predicted octanol–water partition coefficient (Wildman–Crippen LogP) is 4.56. The third-order valence-corrected chi connectivity index (χ3v) is 6.27. The molecule has 0 aromatic carbocycles. The van der Waals surface area contributed by atoms with E-state index in [0.29, 0.717) is 35.9 Å². The van der Waals surface area contributed by atoms with E-state index >= 15 is 0 Å². The second-order valence-electron chi connectivity index (χ2n) is 7.91. The Bertz CT molecular complexity index is 498. The van der Waals surface area contributed by atoms with Gasteiger partial charge < -0.3 is 4.74 Å². The molecule has 1 saturated heterocycles. The molecule has 1 heterocycles. The zero-order valence-corrected chi connectivity index (χ0v) is 14.5. The van der Waals surface area contributed by atoms with Crippen LogP contribution in [-0.4, -0.2) is 18.5 Å². The number of carbonyl (C=O) groups excluding carboxylic acids is 1. The van der Waals surface area contributed by atoms with Crippen molar-refractivity contribution in [3.05, 3.63) is 23.3 Å². The Kier molecular flexibility index (Phi) is 4.59. The van der Waals surface area contributed by atoms with Gasteiger partial charge in [0.25, 0.3) is 0 Å². The van der Waals surface area contributed by atoms with Crippen LogP contribution in [0.5, 0.6) is 0 Å². The highest BCUT2D eigenvalue weighted by Crippen LogP contribution is 2.53. The first-order chi connectivity index (χ1) is 10.5. The maximum absolute atomic E-state index is 12.5. The van der Waals surface area contributed by atoms with Gasteiger partial charge in [-0.2, -0.15) is 0 Å². The fourth-order valence-corrected chi connectivity index (χ4v) is 5.08. The lowest BCUT2D eigenvalue weighted by Crippen LogP contribution is -2.31. The van der Waals surface area contributed by atoms with Gasteiger partial charge in [0.2, 0.25) is 0 Å². The molecule has 2 aliphatic carbocycles. The van der Waals surface area contributed by atoms with Crippen LogP contribution in [0.15, 0.2) is 23.3 Å². The second-order valence-corrected chi connectivity index (χ2v) is 7.91. The highest BCUT2D eigenvalue weighted by molar-refractivity contribution is 5.84. The summed E-state index contributed by atoms with van der Waals surface area (Å²) in [6.45, 7) is 9.69. The highest BCUT2D eigenvalue weighted by atomic mass is 16.5. The van der Waals surface area contributed by atoms with Gasteiger partial charge in [0.1, 0.15) is 5.78 Å². The first-order valence-corrected chi connectivity index (χ1v) is 8.93. The molecule has 122 valence electrons. The molecule has 2 bridgehead atoms. The standard InChI is InChI=1S/C20H30O2/c1-12(2)6-5-7-13(3)16-9-8-15-11-22-18-10-17(21)19(14(18)4)20(15)16/h6-7,14-16,18-20H,5,8-11H2,1-4H3/b13-7-/t14?,15-,16+,18?,19?,20+/m1/s1. The molecule has 0 aromatic heterocycles. The molecule has 22 heavy (non-hydrogen) atoms. The van der Waals surface area contributed by atoms with Gasteiger partial charge in [-0.1, -0.05) is 30.2 Å². The van der Waals surface area contributed by atoms with Crippen LogP contribution in [0, 0.1) is 29.6 Å². The van der Waals surface area contributed by atoms with Crippen LogP contribution in [0.25, 0.3) is 0 Å². The molecule has 0 radical (unpaired) electrons. The first-order valence-electron chi connectivity index (χ1n) is 8.93. The van der Waals surface area contributed by atoms with E-state index in [0.717, 1.165) is 13.0 Å². The molecule has 6 atom stereocenters. The molecular formula is C20H30O2. The Hall–Kier alpha value is -0.890. The average Bonchev–Trinajstić information content (AvgIpc) is 2.92. The van der Waals surface area contributed by atoms with Gasteiger partial charge in [-0.15, -0.1) is 0 Å². The summed E-state index contributed by atoms with van der Waals surface area (Å²) in [5.41, 5.74) is 2.87. The average molecular weight is 302 g/mol. The van der Waals surface area contributed by atoms with Crippen molar-refractivity contribution in [3.8, 4) is 0 Å². The molecular weight excluding hydrogens is 272 g/mol. The molecule has 3 aliphatic rings. The maximum atomic E-state index is 12.5. The largest absolute Gasteiger partial charge is 0.377 e. The summed E-state index contributed by atoms with van der Waals surface area (Å²) in [6.07, 6.45) is 9.00. The van der Waals surface area contributed by atoms with E-state index in [2.05, 4.69) is 39.8 Å². The van der Waals surface area contributed by atoms with Crippen LogP contribution in [0.3, 0.4) is 0 Å². The molecule has 2 saturated carbocycles. The molecule has 3 fully saturated rings. The Labute approximate surface area is 135 Å². The Morgan fingerprint density at radius 2 is 2.00 bits per heavy atom. The van der Waals surface area contributed by atoms with Crippen LogP contribution in [0.2, 0.25) is 0 Å². The number of ketones is 1. The van der Waals surface area contributed by atoms with Gasteiger partial charge in [-0.05, 0) is 63.7 Å². The summed E-state index contributed by atoms with van der Waals surface area (Å²) >= 11 is 0. The van der Waals surface area contributed by atoms with E-state index < -0.39 is 0 Å². The third-order valence-electron chi connectivity index (χ3n) is 6.27. The first kappa shape index (κ1) is 16.0. The fourth-order valence-electron chi connectivity index (χ4n) is 5.08. The summed E-state index contributed by atoms with van der Waals surface area (Å²) in [7, 11) is 0. The number of hydrogen-bond acceptors (Lipinski definition) is 2. The number of fused-ring (bicyclic) bond motifs is 4. The van der Waals surface area contributed by atoms with E-state index in [-0.39, 0.29) is 12.0 Å². The molecule has 1 aliphatic heterocycles. The molecule has 0 aromatic rings. The van der Waals surface area contributed by atoms with Crippen molar-refractivity contribution in [2.24, 2.45) is 29.6 Å². The monoisotopic (exact) mass is 302 g/mol. The molecule has 0 spiro atoms. The van der Waals surface area contributed by atoms with Crippen LogP contribution in [-0.2, 0) is 9.53 Å². The lowest BCUT2D eigenvalue weighted by Gasteiger charge is -2.30. The Morgan fingerprint density at radius 1 is 1.23 bits per heavy atom. The minimum atomic E-state index is 0.193. The van der Waals surface area contributed by atoms with Gasteiger partial charge in [0.05, 0.1) is 12.7 Å². The molecule has 3 unspecified atom stereocenters. The molecule has 2 heteroatoms. The van der Waals surface area contributed by atoms with Crippen molar-refractivity contribution in [2.75, 3.05) is 6.61 Å². The van der Waals surface area contributed by atoms with E-state index in [9.17, 15) is 4.79 Å². The predicted molar refractivity (Wildman–Crippen MR) is 89.5 cm³/mol. The van der Waals surface area contributed by atoms with Crippen molar-refractivity contribution in [1.29, 1.82) is 0 Å². The lowest BCUT2D eigenvalue weighted by molar-refractivity contribution is -0.124. The highest BCUT2D eigenvalue weighted by Gasteiger charge is 2.53. The smallest absolute Gasteiger partial charge is 0.139 e. The summed E-state index contributed by atoms with van der Waals surface area (Å²) < 4.78 is 6.08. The number of rotatable bonds is 3. The van der Waals surface area contributed by atoms with Gasteiger partial charge in [0, 0.05) is 12.3 Å². The zero-order chi connectivity index (χ0) is 15.9. The fraction of sp³-hybridized carbons (Fsp3) is 0.750. The topological polar surface area (TPSA) is 26.3 Å². The number of Topliss-reactive ketones (excluding diaryl/α,β-unsaturated/α-hetero) is 1. The van der Waals surface area contributed by atoms with E-state index in [1.807, 2.05) is 0 Å². The number of carbonyl (C=O) groups is 1. The molecule has 0 N–H and O–H groups in total. The van der Waals surface area contributed by atoms with Crippen molar-refractivity contribution in [1.82, 2.24) is 0 Å². The minimum absolute atomic E-state index is 0.193.